The van der Waals surface area contributed by atoms with Gasteiger partial charge in [0.25, 0.3) is 0 Å². The van der Waals surface area contributed by atoms with Crippen LogP contribution in [0.25, 0.3) is 6.08 Å². The van der Waals surface area contributed by atoms with Crippen molar-refractivity contribution in [3.05, 3.63) is 41.5 Å². The summed E-state index contributed by atoms with van der Waals surface area (Å²) in [6.07, 6.45) is 7.11. The fraction of sp³-hybridized carbons (Fsp3) is 0.438. The second-order valence-electron chi connectivity index (χ2n) is 5.12. The zero-order valence-electron chi connectivity index (χ0n) is 11.2. The van der Waals surface area contributed by atoms with E-state index in [0.29, 0.717) is 6.04 Å². The first-order valence-electron chi connectivity index (χ1n) is 6.72. The van der Waals surface area contributed by atoms with Crippen LogP contribution in [0.15, 0.2) is 30.3 Å². The van der Waals surface area contributed by atoms with Crippen molar-refractivity contribution >= 4 is 12.0 Å². The van der Waals surface area contributed by atoms with Gasteiger partial charge in [0.1, 0.15) is 0 Å². The monoisotopic (exact) mass is 243 g/mol. The molecule has 18 heavy (non-hydrogen) atoms. The molecular formula is C16H21NO. The van der Waals surface area contributed by atoms with E-state index in [1.807, 2.05) is 23.1 Å². The number of nitrogens with zero attached hydrogens (tertiary/aromatic N) is 1. The van der Waals surface area contributed by atoms with E-state index in [0.717, 1.165) is 24.9 Å². The molecule has 1 aromatic carbocycles. The van der Waals surface area contributed by atoms with Gasteiger partial charge in [0.2, 0.25) is 5.91 Å². The first-order valence-corrected chi connectivity index (χ1v) is 6.72. The molecule has 1 amide bonds. The van der Waals surface area contributed by atoms with Crippen LogP contribution in [0.5, 0.6) is 0 Å². The number of rotatable bonds is 2. The van der Waals surface area contributed by atoms with Crippen LogP contribution in [0.1, 0.15) is 37.3 Å². The molecule has 0 radical (unpaired) electrons. The van der Waals surface area contributed by atoms with Gasteiger partial charge in [-0.3, -0.25) is 4.79 Å². The summed E-state index contributed by atoms with van der Waals surface area (Å²) in [5.74, 6) is 0.141. The standard InChI is InChI=1S/C16H21NO/c1-13-6-8-15(9-7-13)10-11-16(18)17-12-4-3-5-14(17)2/h6-11,14H,3-5,12H2,1-2H3. The van der Waals surface area contributed by atoms with E-state index in [4.69, 9.17) is 0 Å². The van der Waals surface area contributed by atoms with E-state index in [2.05, 4.69) is 26.0 Å². The van der Waals surface area contributed by atoms with Crippen LogP contribution in [-0.2, 0) is 4.79 Å². The number of carbonyl (C=O) groups excluding carboxylic acids is 1. The molecule has 1 atom stereocenters. The van der Waals surface area contributed by atoms with Crippen LogP contribution < -0.4 is 0 Å². The maximum atomic E-state index is 12.1. The summed E-state index contributed by atoms with van der Waals surface area (Å²) in [5.41, 5.74) is 2.32. The van der Waals surface area contributed by atoms with E-state index in [-0.39, 0.29) is 5.91 Å². The van der Waals surface area contributed by atoms with Crippen LogP contribution in [0.3, 0.4) is 0 Å². The molecule has 1 saturated heterocycles. The highest BCUT2D eigenvalue weighted by Gasteiger charge is 2.20. The highest BCUT2D eigenvalue weighted by molar-refractivity contribution is 5.92. The average Bonchev–Trinajstić information content (AvgIpc) is 2.38. The molecular weight excluding hydrogens is 222 g/mol. The van der Waals surface area contributed by atoms with Crippen LogP contribution in [0, 0.1) is 6.92 Å². The van der Waals surface area contributed by atoms with Gasteiger partial charge in [0.15, 0.2) is 0 Å². The van der Waals surface area contributed by atoms with Gasteiger partial charge in [0.05, 0.1) is 0 Å². The van der Waals surface area contributed by atoms with Crippen LogP contribution in [0.2, 0.25) is 0 Å². The van der Waals surface area contributed by atoms with Gasteiger partial charge in [-0.1, -0.05) is 29.8 Å². The molecule has 2 rings (SSSR count). The van der Waals surface area contributed by atoms with E-state index < -0.39 is 0 Å². The minimum atomic E-state index is 0.141. The largest absolute Gasteiger partial charge is 0.336 e. The second kappa shape index (κ2) is 5.85. The Labute approximate surface area is 109 Å². The van der Waals surface area contributed by atoms with Crippen LogP contribution in [0.4, 0.5) is 0 Å². The van der Waals surface area contributed by atoms with Crippen LogP contribution in [-0.4, -0.2) is 23.4 Å². The van der Waals surface area contributed by atoms with Crippen molar-refractivity contribution < 1.29 is 4.79 Å². The lowest BCUT2D eigenvalue weighted by molar-refractivity contribution is -0.129. The van der Waals surface area contributed by atoms with Gasteiger partial charge < -0.3 is 4.90 Å². The summed E-state index contributed by atoms with van der Waals surface area (Å²) in [7, 11) is 0. The van der Waals surface area contributed by atoms with Crippen molar-refractivity contribution in [2.24, 2.45) is 0 Å². The van der Waals surface area contributed by atoms with E-state index in [9.17, 15) is 4.79 Å². The molecule has 0 spiro atoms. The lowest BCUT2D eigenvalue weighted by atomic mass is 10.0. The van der Waals surface area contributed by atoms with Gasteiger partial charge in [-0.2, -0.15) is 0 Å². The third-order valence-corrected chi connectivity index (χ3v) is 3.58. The summed E-state index contributed by atoms with van der Waals surface area (Å²) in [4.78, 5) is 14.1. The zero-order chi connectivity index (χ0) is 13.0. The molecule has 1 heterocycles. The van der Waals surface area contributed by atoms with Crippen molar-refractivity contribution in [2.45, 2.75) is 39.2 Å². The molecule has 2 nitrogen and oxygen atoms in total. The normalized spacial score (nSPS) is 20.3. The molecule has 1 aliphatic rings. The lowest BCUT2D eigenvalue weighted by Gasteiger charge is -2.32. The maximum Gasteiger partial charge on any atom is 0.246 e. The van der Waals surface area contributed by atoms with Crippen molar-refractivity contribution in [1.82, 2.24) is 4.90 Å². The number of carbonyl (C=O) groups is 1. The number of hydrogen-bond donors (Lipinski definition) is 0. The van der Waals surface area contributed by atoms with Gasteiger partial charge in [-0.15, -0.1) is 0 Å². The number of aryl methyl sites for hydroxylation is 1. The van der Waals surface area contributed by atoms with E-state index >= 15 is 0 Å². The number of likely N-dealkylation sites (tertiary alicyclic amines) is 1. The minimum Gasteiger partial charge on any atom is -0.336 e. The molecule has 0 bridgehead atoms. The Balaban J connectivity index is 1.99. The number of benzene rings is 1. The molecule has 1 fully saturated rings. The highest BCUT2D eigenvalue weighted by atomic mass is 16.2. The lowest BCUT2D eigenvalue weighted by Crippen LogP contribution is -2.41. The van der Waals surface area contributed by atoms with Crippen molar-refractivity contribution in [3.8, 4) is 0 Å². The Bertz CT molecular complexity index is 433. The average molecular weight is 243 g/mol. The van der Waals surface area contributed by atoms with Gasteiger partial charge >= 0.3 is 0 Å². The Kier molecular flexibility index (Phi) is 4.19. The summed E-state index contributed by atoms with van der Waals surface area (Å²) >= 11 is 0. The number of piperidine rings is 1. The Hall–Kier alpha value is -1.57. The van der Waals surface area contributed by atoms with Crippen molar-refractivity contribution in [1.29, 1.82) is 0 Å². The second-order valence-corrected chi connectivity index (χ2v) is 5.12. The summed E-state index contributed by atoms with van der Waals surface area (Å²) in [6.45, 7) is 5.10. The molecule has 1 aromatic rings. The Morgan fingerprint density at radius 3 is 2.67 bits per heavy atom. The van der Waals surface area contributed by atoms with E-state index in [1.54, 1.807) is 6.08 Å². The van der Waals surface area contributed by atoms with Gasteiger partial charge in [-0.25, -0.2) is 0 Å². The third-order valence-electron chi connectivity index (χ3n) is 3.58. The van der Waals surface area contributed by atoms with Crippen molar-refractivity contribution in [2.75, 3.05) is 6.54 Å². The summed E-state index contributed by atoms with van der Waals surface area (Å²) in [6, 6.07) is 8.59. The fourth-order valence-corrected chi connectivity index (χ4v) is 2.37. The number of amides is 1. The van der Waals surface area contributed by atoms with E-state index in [1.165, 1.54) is 12.0 Å². The highest BCUT2D eigenvalue weighted by Crippen LogP contribution is 2.17. The minimum absolute atomic E-state index is 0.141. The molecule has 1 unspecified atom stereocenters. The predicted octanol–water partition coefficient (Wildman–Crippen LogP) is 3.41. The SMILES string of the molecule is Cc1ccc(C=CC(=O)N2CCCCC2C)cc1. The Morgan fingerprint density at radius 1 is 1.28 bits per heavy atom. The molecule has 0 saturated carbocycles. The summed E-state index contributed by atoms with van der Waals surface area (Å²) in [5, 5.41) is 0. The topological polar surface area (TPSA) is 20.3 Å². The number of hydrogen-bond acceptors (Lipinski definition) is 1. The molecule has 2 heteroatoms. The molecule has 0 aromatic heterocycles. The molecule has 0 aliphatic carbocycles. The smallest absolute Gasteiger partial charge is 0.246 e. The van der Waals surface area contributed by atoms with Crippen LogP contribution >= 0.6 is 0 Å². The first-order chi connectivity index (χ1) is 8.66. The van der Waals surface area contributed by atoms with Crippen molar-refractivity contribution in [3.63, 3.8) is 0 Å². The molecule has 96 valence electrons. The molecule has 0 N–H and O–H groups in total. The fourth-order valence-electron chi connectivity index (χ4n) is 2.37. The quantitative estimate of drug-likeness (QED) is 0.729. The summed E-state index contributed by atoms with van der Waals surface area (Å²) < 4.78 is 0. The maximum absolute atomic E-state index is 12.1. The Morgan fingerprint density at radius 2 is 2.00 bits per heavy atom. The first kappa shape index (κ1) is 12.9. The molecule has 1 aliphatic heterocycles. The predicted molar refractivity (Wildman–Crippen MR) is 75.2 cm³/mol. The van der Waals surface area contributed by atoms with Gasteiger partial charge in [-0.05, 0) is 44.7 Å². The van der Waals surface area contributed by atoms with Gasteiger partial charge in [0, 0.05) is 18.7 Å². The zero-order valence-corrected chi connectivity index (χ0v) is 11.2. The third kappa shape index (κ3) is 3.22.